The van der Waals surface area contributed by atoms with Crippen molar-refractivity contribution in [1.29, 1.82) is 0 Å². The highest BCUT2D eigenvalue weighted by Gasteiger charge is 2.40. The number of nitrogens with two attached hydrogens (primary N) is 1. The summed E-state index contributed by atoms with van der Waals surface area (Å²) in [5.41, 5.74) is 6.72. The van der Waals surface area contributed by atoms with E-state index in [9.17, 15) is 13.2 Å². The molecule has 2 N–H and O–H groups in total. The van der Waals surface area contributed by atoms with Crippen LogP contribution in [-0.2, 0) is 11.8 Å². The van der Waals surface area contributed by atoms with E-state index in [2.05, 4.69) is 0 Å². The average molecular weight is 243 g/mol. The number of hydrogen-bond donors (Lipinski definition) is 1. The van der Waals surface area contributed by atoms with Gasteiger partial charge in [-0.05, 0) is 24.0 Å². The van der Waals surface area contributed by atoms with Gasteiger partial charge in [-0.1, -0.05) is 30.7 Å². The van der Waals surface area contributed by atoms with Crippen LogP contribution in [0.15, 0.2) is 24.3 Å². The first kappa shape index (κ1) is 12.4. The second kappa shape index (κ2) is 4.33. The molecule has 1 aromatic rings. The first-order valence-corrected chi connectivity index (χ1v) is 5.82. The number of alkyl halides is 3. The van der Waals surface area contributed by atoms with E-state index in [0.717, 1.165) is 24.8 Å². The zero-order valence-corrected chi connectivity index (χ0v) is 9.56. The summed E-state index contributed by atoms with van der Waals surface area (Å²) >= 11 is 0. The van der Waals surface area contributed by atoms with Crippen molar-refractivity contribution in [2.24, 2.45) is 5.73 Å². The molecule has 1 saturated carbocycles. The fourth-order valence-electron chi connectivity index (χ4n) is 2.59. The van der Waals surface area contributed by atoms with Crippen LogP contribution in [-0.4, -0.2) is 12.7 Å². The van der Waals surface area contributed by atoms with Crippen molar-refractivity contribution in [2.75, 3.05) is 6.54 Å². The van der Waals surface area contributed by atoms with Gasteiger partial charge in [0.05, 0.1) is 6.42 Å². The van der Waals surface area contributed by atoms with Gasteiger partial charge in [-0.25, -0.2) is 0 Å². The van der Waals surface area contributed by atoms with Crippen LogP contribution in [0.2, 0.25) is 0 Å². The highest BCUT2D eigenvalue weighted by molar-refractivity contribution is 5.37. The molecule has 0 unspecified atom stereocenters. The SMILES string of the molecule is NCC1(c2ccccc2CC(F)(F)F)CCC1. The molecule has 0 atom stereocenters. The quantitative estimate of drug-likeness (QED) is 0.867. The Morgan fingerprint density at radius 3 is 2.29 bits per heavy atom. The third-order valence-electron chi connectivity index (χ3n) is 3.68. The predicted molar refractivity (Wildman–Crippen MR) is 60.8 cm³/mol. The molecular weight excluding hydrogens is 227 g/mol. The Kier molecular flexibility index (Phi) is 3.17. The summed E-state index contributed by atoms with van der Waals surface area (Å²) in [6.07, 6.45) is -2.16. The molecule has 0 amide bonds. The van der Waals surface area contributed by atoms with Gasteiger partial charge >= 0.3 is 6.18 Å². The fourth-order valence-corrected chi connectivity index (χ4v) is 2.59. The lowest BCUT2D eigenvalue weighted by Gasteiger charge is -2.42. The molecule has 0 heterocycles. The molecule has 0 spiro atoms. The van der Waals surface area contributed by atoms with E-state index in [-0.39, 0.29) is 5.41 Å². The Hall–Kier alpha value is -1.03. The molecule has 0 radical (unpaired) electrons. The molecule has 0 aromatic heterocycles. The van der Waals surface area contributed by atoms with Crippen molar-refractivity contribution in [2.45, 2.75) is 37.3 Å². The maximum absolute atomic E-state index is 12.5. The van der Waals surface area contributed by atoms with Gasteiger partial charge in [-0.15, -0.1) is 0 Å². The molecule has 1 aliphatic carbocycles. The molecule has 1 aliphatic rings. The van der Waals surface area contributed by atoms with Gasteiger partial charge in [0.15, 0.2) is 0 Å². The van der Waals surface area contributed by atoms with Gasteiger partial charge in [0.25, 0.3) is 0 Å². The Labute approximate surface area is 98.8 Å². The smallest absolute Gasteiger partial charge is 0.330 e. The van der Waals surface area contributed by atoms with Gasteiger partial charge < -0.3 is 5.73 Å². The number of halogens is 3. The number of rotatable bonds is 3. The fraction of sp³-hybridized carbons (Fsp3) is 0.538. The van der Waals surface area contributed by atoms with E-state index < -0.39 is 12.6 Å². The third kappa shape index (κ3) is 2.46. The molecule has 1 nitrogen and oxygen atoms in total. The third-order valence-corrected chi connectivity index (χ3v) is 3.68. The van der Waals surface area contributed by atoms with E-state index in [1.807, 2.05) is 0 Å². The van der Waals surface area contributed by atoms with Crippen molar-refractivity contribution in [3.8, 4) is 0 Å². The van der Waals surface area contributed by atoms with Gasteiger partial charge in [-0.2, -0.15) is 13.2 Å². The summed E-state index contributed by atoms with van der Waals surface area (Å²) < 4.78 is 37.5. The van der Waals surface area contributed by atoms with Crippen LogP contribution in [0, 0.1) is 0 Å². The molecule has 1 aromatic carbocycles. The number of hydrogen-bond acceptors (Lipinski definition) is 1. The maximum atomic E-state index is 12.5. The van der Waals surface area contributed by atoms with Crippen molar-refractivity contribution < 1.29 is 13.2 Å². The van der Waals surface area contributed by atoms with E-state index in [1.165, 1.54) is 0 Å². The van der Waals surface area contributed by atoms with Gasteiger partial charge in [-0.3, -0.25) is 0 Å². The molecule has 0 saturated heterocycles. The van der Waals surface area contributed by atoms with Crippen LogP contribution in [0.3, 0.4) is 0 Å². The van der Waals surface area contributed by atoms with Gasteiger partial charge in [0, 0.05) is 12.0 Å². The highest BCUT2D eigenvalue weighted by atomic mass is 19.4. The molecule has 4 heteroatoms. The highest BCUT2D eigenvalue weighted by Crippen LogP contribution is 2.44. The minimum absolute atomic E-state index is 0.207. The summed E-state index contributed by atoms with van der Waals surface area (Å²) in [7, 11) is 0. The number of benzene rings is 1. The van der Waals surface area contributed by atoms with Crippen molar-refractivity contribution in [3.05, 3.63) is 35.4 Å². The normalized spacial score (nSPS) is 18.8. The standard InChI is InChI=1S/C13H16F3N/c14-13(15,16)8-10-4-1-2-5-11(10)12(9-17)6-3-7-12/h1-2,4-5H,3,6-9,17H2. The average Bonchev–Trinajstić information content (AvgIpc) is 2.17. The summed E-state index contributed by atoms with van der Waals surface area (Å²) in [6, 6.07) is 6.82. The van der Waals surface area contributed by atoms with Crippen LogP contribution in [0.5, 0.6) is 0 Å². The van der Waals surface area contributed by atoms with Crippen molar-refractivity contribution in [1.82, 2.24) is 0 Å². The summed E-state index contributed by atoms with van der Waals surface area (Å²) in [5, 5.41) is 0. The molecule has 0 aliphatic heterocycles. The summed E-state index contributed by atoms with van der Waals surface area (Å²) in [6.45, 7) is 0.432. The minimum Gasteiger partial charge on any atom is -0.330 e. The van der Waals surface area contributed by atoms with Crippen LogP contribution in [0.25, 0.3) is 0 Å². The monoisotopic (exact) mass is 243 g/mol. The lowest BCUT2D eigenvalue weighted by molar-refractivity contribution is -0.127. The Morgan fingerprint density at radius 1 is 1.18 bits per heavy atom. The Morgan fingerprint density at radius 2 is 1.82 bits per heavy atom. The summed E-state index contributed by atoms with van der Waals surface area (Å²) in [4.78, 5) is 0. The van der Waals surface area contributed by atoms with Gasteiger partial charge in [0.2, 0.25) is 0 Å². The molecule has 0 bridgehead atoms. The molecule has 94 valence electrons. The van der Waals surface area contributed by atoms with Crippen LogP contribution in [0.1, 0.15) is 30.4 Å². The molecule has 1 fully saturated rings. The van der Waals surface area contributed by atoms with Crippen molar-refractivity contribution in [3.63, 3.8) is 0 Å². The molecule has 2 rings (SSSR count). The first-order valence-electron chi connectivity index (χ1n) is 5.82. The lowest BCUT2D eigenvalue weighted by Crippen LogP contribution is -2.42. The van der Waals surface area contributed by atoms with Crippen LogP contribution in [0.4, 0.5) is 13.2 Å². The Bertz CT molecular complexity index is 388. The van der Waals surface area contributed by atoms with Crippen LogP contribution >= 0.6 is 0 Å². The second-order valence-electron chi connectivity index (χ2n) is 4.79. The zero-order chi connectivity index (χ0) is 12.5. The zero-order valence-electron chi connectivity index (χ0n) is 9.56. The second-order valence-corrected chi connectivity index (χ2v) is 4.79. The van der Waals surface area contributed by atoms with Crippen LogP contribution < -0.4 is 5.73 Å². The van der Waals surface area contributed by atoms with E-state index >= 15 is 0 Å². The Balaban J connectivity index is 2.34. The maximum Gasteiger partial charge on any atom is 0.393 e. The van der Waals surface area contributed by atoms with E-state index in [4.69, 9.17) is 5.73 Å². The van der Waals surface area contributed by atoms with E-state index in [1.54, 1.807) is 24.3 Å². The topological polar surface area (TPSA) is 26.0 Å². The van der Waals surface area contributed by atoms with Crippen molar-refractivity contribution >= 4 is 0 Å². The molecule has 17 heavy (non-hydrogen) atoms. The van der Waals surface area contributed by atoms with E-state index in [0.29, 0.717) is 12.1 Å². The summed E-state index contributed by atoms with van der Waals surface area (Å²) in [5.74, 6) is 0. The first-order chi connectivity index (χ1) is 7.97. The molecular formula is C13H16F3N. The van der Waals surface area contributed by atoms with Gasteiger partial charge in [0.1, 0.15) is 0 Å². The largest absolute Gasteiger partial charge is 0.393 e. The predicted octanol–water partition coefficient (Wildman–Crippen LogP) is 3.17. The lowest BCUT2D eigenvalue weighted by atomic mass is 9.63. The minimum atomic E-state index is -4.16.